The fourth-order valence-electron chi connectivity index (χ4n) is 1.35. The molecular formula is C9H17NO2. The number of nitrogens with zero attached hydrogens (tertiary/aromatic N) is 1. The predicted octanol–water partition coefficient (Wildman–Crippen LogP) is 1.03. The van der Waals surface area contributed by atoms with Crippen molar-refractivity contribution in [1.29, 1.82) is 0 Å². The minimum Gasteiger partial charge on any atom is -0.361 e. The van der Waals surface area contributed by atoms with Gasteiger partial charge in [-0.15, -0.1) is 0 Å². The first-order chi connectivity index (χ1) is 5.43. The lowest BCUT2D eigenvalue weighted by atomic mass is 10.1. The summed E-state index contributed by atoms with van der Waals surface area (Å²) in [4.78, 5) is 13.0. The number of hydrogen-bond acceptors (Lipinski definition) is 3. The van der Waals surface area contributed by atoms with E-state index in [1.807, 2.05) is 7.05 Å². The third-order valence-corrected chi connectivity index (χ3v) is 2.48. The molecule has 12 heavy (non-hydrogen) atoms. The van der Waals surface area contributed by atoms with Gasteiger partial charge in [-0.1, -0.05) is 0 Å². The van der Waals surface area contributed by atoms with E-state index >= 15 is 0 Å². The molecule has 0 N–H and O–H groups in total. The van der Waals surface area contributed by atoms with Crippen LogP contribution in [0.5, 0.6) is 0 Å². The highest BCUT2D eigenvalue weighted by Gasteiger charge is 2.37. The maximum Gasteiger partial charge on any atom is 0.133 e. The van der Waals surface area contributed by atoms with Crippen LogP contribution in [0.4, 0.5) is 0 Å². The minimum absolute atomic E-state index is 0.0162. The molecule has 0 spiro atoms. The Hall–Kier alpha value is -0.410. The number of carbonyl (C=O) groups is 1. The second-order valence-corrected chi connectivity index (χ2v) is 4.10. The quantitative estimate of drug-likeness (QED) is 0.621. The number of ketones is 1. The smallest absolute Gasteiger partial charge is 0.133 e. The first kappa shape index (κ1) is 9.68. The van der Waals surface area contributed by atoms with Crippen LogP contribution in [0.1, 0.15) is 27.2 Å². The zero-order valence-electron chi connectivity index (χ0n) is 8.26. The second kappa shape index (κ2) is 3.15. The Morgan fingerprint density at radius 3 is 2.58 bits per heavy atom. The highest BCUT2D eigenvalue weighted by atomic mass is 16.5. The van der Waals surface area contributed by atoms with Crippen LogP contribution in [0.2, 0.25) is 0 Å². The molecule has 0 saturated carbocycles. The van der Waals surface area contributed by atoms with E-state index in [1.165, 1.54) is 0 Å². The van der Waals surface area contributed by atoms with E-state index in [0.29, 0.717) is 13.0 Å². The number of carbonyl (C=O) groups excluding carboxylic acids is 1. The van der Waals surface area contributed by atoms with Crippen molar-refractivity contribution in [2.24, 2.45) is 0 Å². The summed E-state index contributed by atoms with van der Waals surface area (Å²) < 4.78 is 5.50. The molecule has 1 atom stereocenters. The maximum absolute atomic E-state index is 10.8. The van der Waals surface area contributed by atoms with Gasteiger partial charge >= 0.3 is 0 Å². The summed E-state index contributed by atoms with van der Waals surface area (Å²) in [6.07, 6.45) is 0.484. The molecule has 0 radical (unpaired) electrons. The van der Waals surface area contributed by atoms with E-state index in [-0.39, 0.29) is 17.6 Å². The summed E-state index contributed by atoms with van der Waals surface area (Å²) in [6.45, 7) is 6.55. The molecule has 0 bridgehead atoms. The van der Waals surface area contributed by atoms with Crippen LogP contribution < -0.4 is 0 Å². The lowest BCUT2D eigenvalue weighted by molar-refractivity contribution is -0.120. The molecule has 1 aliphatic heterocycles. The number of likely N-dealkylation sites (N-methyl/N-ethyl adjacent to an activating group) is 1. The van der Waals surface area contributed by atoms with Crippen LogP contribution in [0.15, 0.2) is 0 Å². The Morgan fingerprint density at radius 1 is 1.67 bits per heavy atom. The van der Waals surface area contributed by atoms with Gasteiger partial charge < -0.3 is 4.74 Å². The molecule has 1 unspecified atom stereocenters. The molecule has 0 amide bonds. The largest absolute Gasteiger partial charge is 0.361 e. The summed E-state index contributed by atoms with van der Waals surface area (Å²) in [5.74, 6) is 0.185. The van der Waals surface area contributed by atoms with Crippen molar-refractivity contribution in [2.45, 2.75) is 39.0 Å². The van der Waals surface area contributed by atoms with Gasteiger partial charge in [0.05, 0.1) is 6.61 Å². The van der Waals surface area contributed by atoms with Crippen LogP contribution >= 0.6 is 0 Å². The van der Waals surface area contributed by atoms with Crippen LogP contribution in [0, 0.1) is 0 Å². The zero-order chi connectivity index (χ0) is 9.35. The van der Waals surface area contributed by atoms with Gasteiger partial charge in [-0.3, -0.25) is 9.69 Å². The standard InChI is InChI=1S/C9H17NO2/c1-7(11)5-8-10(4)9(2,3)6-12-8/h8H,5-6H2,1-4H3. The molecule has 1 heterocycles. The van der Waals surface area contributed by atoms with Gasteiger partial charge in [0.2, 0.25) is 0 Å². The molecule has 1 aliphatic rings. The minimum atomic E-state index is -0.0162. The maximum atomic E-state index is 10.8. The second-order valence-electron chi connectivity index (χ2n) is 4.10. The summed E-state index contributed by atoms with van der Waals surface area (Å²) in [6, 6.07) is 0. The summed E-state index contributed by atoms with van der Waals surface area (Å²) in [5.41, 5.74) is 0.0696. The summed E-state index contributed by atoms with van der Waals surface area (Å²) in [5, 5.41) is 0. The van der Waals surface area contributed by atoms with Crippen LogP contribution in [-0.2, 0) is 9.53 Å². The lowest BCUT2D eigenvalue weighted by Crippen LogP contribution is -2.41. The van der Waals surface area contributed by atoms with Crippen LogP contribution in [0.25, 0.3) is 0 Å². The van der Waals surface area contributed by atoms with Crippen molar-refractivity contribution in [1.82, 2.24) is 4.90 Å². The topological polar surface area (TPSA) is 29.5 Å². The van der Waals surface area contributed by atoms with Crippen LogP contribution in [0.3, 0.4) is 0 Å². The van der Waals surface area contributed by atoms with Crippen molar-refractivity contribution in [2.75, 3.05) is 13.7 Å². The molecule has 0 aromatic rings. The fraction of sp³-hybridized carbons (Fsp3) is 0.889. The zero-order valence-corrected chi connectivity index (χ0v) is 8.26. The number of Topliss-reactive ketones (excluding diaryl/α,β-unsaturated/α-hetero) is 1. The Morgan fingerprint density at radius 2 is 2.25 bits per heavy atom. The SMILES string of the molecule is CC(=O)CC1OCC(C)(C)N1C. The normalized spacial score (nSPS) is 29.2. The summed E-state index contributed by atoms with van der Waals surface area (Å²) >= 11 is 0. The van der Waals surface area contributed by atoms with Gasteiger partial charge in [-0.2, -0.15) is 0 Å². The third-order valence-electron chi connectivity index (χ3n) is 2.48. The Labute approximate surface area is 73.7 Å². The van der Waals surface area contributed by atoms with Gasteiger partial charge in [-0.05, 0) is 27.8 Å². The molecule has 70 valence electrons. The van der Waals surface area contributed by atoms with Gasteiger partial charge in [0.1, 0.15) is 12.0 Å². The van der Waals surface area contributed by atoms with Crippen molar-refractivity contribution in [3.8, 4) is 0 Å². The lowest BCUT2D eigenvalue weighted by Gasteiger charge is -2.28. The van der Waals surface area contributed by atoms with E-state index in [4.69, 9.17) is 4.74 Å². The van der Waals surface area contributed by atoms with Crippen LogP contribution in [-0.4, -0.2) is 36.1 Å². The number of rotatable bonds is 2. The molecule has 0 aliphatic carbocycles. The molecule has 1 saturated heterocycles. The van der Waals surface area contributed by atoms with E-state index in [1.54, 1.807) is 6.92 Å². The Kier molecular flexibility index (Phi) is 2.54. The Balaban J connectivity index is 2.55. The Bertz CT molecular complexity index is 189. The molecule has 3 nitrogen and oxygen atoms in total. The average Bonchev–Trinajstić information content (AvgIpc) is 2.15. The van der Waals surface area contributed by atoms with Crippen molar-refractivity contribution in [3.63, 3.8) is 0 Å². The first-order valence-corrected chi connectivity index (χ1v) is 4.27. The molecule has 1 fully saturated rings. The summed E-state index contributed by atoms with van der Waals surface area (Å²) in [7, 11) is 2.00. The first-order valence-electron chi connectivity index (χ1n) is 4.27. The average molecular weight is 171 g/mol. The van der Waals surface area contributed by atoms with E-state index in [0.717, 1.165) is 0 Å². The number of hydrogen-bond donors (Lipinski definition) is 0. The number of ether oxygens (including phenoxy) is 1. The molecule has 0 aromatic heterocycles. The monoisotopic (exact) mass is 171 g/mol. The highest BCUT2D eigenvalue weighted by Crippen LogP contribution is 2.26. The molecular weight excluding hydrogens is 154 g/mol. The highest BCUT2D eigenvalue weighted by molar-refractivity contribution is 5.75. The molecule has 3 heteroatoms. The predicted molar refractivity (Wildman–Crippen MR) is 46.9 cm³/mol. The van der Waals surface area contributed by atoms with Crippen molar-refractivity contribution >= 4 is 5.78 Å². The van der Waals surface area contributed by atoms with Gasteiger partial charge in [0, 0.05) is 12.0 Å². The van der Waals surface area contributed by atoms with Crippen molar-refractivity contribution < 1.29 is 9.53 Å². The fourth-order valence-corrected chi connectivity index (χ4v) is 1.35. The van der Waals surface area contributed by atoms with E-state index < -0.39 is 0 Å². The van der Waals surface area contributed by atoms with E-state index in [2.05, 4.69) is 18.7 Å². The molecule has 1 rings (SSSR count). The van der Waals surface area contributed by atoms with Gasteiger partial charge in [0.15, 0.2) is 0 Å². The van der Waals surface area contributed by atoms with Gasteiger partial charge in [-0.25, -0.2) is 0 Å². The molecule has 0 aromatic carbocycles. The third kappa shape index (κ3) is 1.84. The van der Waals surface area contributed by atoms with Crippen molar-refractivity contribution in [3.05, 3.63) is 0 Å². The van der Waals surface area contributed by atoms with E-state index in [9.17, 15) is 4.79 Å². The van der Waals surface area contributed by atoms with Gasteiger partial charge in [0.25, 0.3) is 0 Å².